The van der Waals surface area contributed by atoms with E-state index in [1.807, 2.05) is 30.3 Å². The minimum absolute atomic E-state index is 0.254. The Balaban J connectivity index is 1.83. The van der Waals surface area contributed by atoms with Crippen LogP contribution >= 0.6 is 0 Å². The molecule has 0 radical (unpaired) electrons. The molecule has 0 amide bonds. The van der Waals surface area contributed by atoms with Gasteiger partial charge in [-0.2, -0.15) is 0 Å². The molecule has 2 aromatic rings. The van der Waals surface area contributed by atoms with E-state index in [2.05, 4.69) is 22.2 Å². The summed E-state index contributed by atoms with van der Waals surface area (Å²) in [5, 5.41) is 6.32. The second-order valence-corrected chi connectivity index (χ2v) is 5.16. The first-order valence-corrected chi connectivity index (χ1v) is 7.73. The Labute approximate surface area is 142 Å². The number of halogens is 1. The summed E-state index contributed by atoms with van der Waals surface area (Å²) in [4.78, 5) is 4.12. The van der Waals surface area contributed by atoms with Crippen molar-refractivity contribution in [3.05, 3.63) is 78.1 Å². The monoisotopic (exact) mass is 327 g/mol. The third-order valence-corrected chi connectivity index (χ3v) is 3.32. The Morgan fingerprint density at radius 1 is 1.17 bits per heavy atom. The van der Waals surface area contributed by atoms with Crippen molar-refractivity contribution in [3.8, 4) is 5.75 Å². The van der Waals surface area contributed by atoms with E-state index in [1.165, 1.54) is 12.1 Å². The second kappa shape index (κ2) is 9.35. The molecule has 0 aliphatic carbocycles. The second-order valence-electron chi connectivity index (χ2n) is 5.16. The van der Waals surface area contributed by atoms with E-state index in [0.29, 0.717) is 19.7 Å². The molecule has 0 aliphatic heterocycles. The maximum absolute atomic E-state index is 13.1. The fourth-order valence-corrected chi connectivity index (χ4v) is 2.07. The zero-order valence-electron chi connectivity index (χ0n) is 13.8. The largest absolute Gasteiger partial charge is 0.489 e. The van der Waals surface area contributed by atoms with Crippen LogP contribution in [-0.2, 0) is 13.2 Å². The SMILES string of the molecule is C=CCNC(=NC)NCc1ccc(OCc2cccc(F)c2)cc1. The van der Waals surface area contributed by atoms with Crippen LogP contribution in [0.25, 0.3) is 0 Å². The van der Waals surface area contributed by atoms with Crippen LogP contribution in [0.15, 0.2) is 66.2 Å². The molecule has 0 heterocycles. The van der Waals surface area contributed by atoms with E-state index < -0.39 is 0 Å². The molecule has 0 saturated carbocycles. The molecule has 24 heavy (non-hydrogen) atoms. The van der Waals surface area contributed by atoms with Gasteiger partial charge in [0.15, 0.2) is 5.96 Å². The minimum Gasteiger partial charge on any atom is -0.489 e. The molecule has 0 unspecified atom stereocenters. The van der Waals surface area contributed by atoms with E-state index in [0.717, 1.165) is 22.8 Å². The van der Waals surface area contributed by atoms with Gasteiger partial charge in [-0.25, -0.2) is 4.39 Å². The summed E-state index contributed by atoms with van der Waals surface area (Å²) in [6.45, 7) is 5.31. The zero-order valence-corrected chi connectivity index (χ0v) is 13.8. The van der Waals surface area contributed by atoms with Crippen LogP contribution in [0.5, 0.6) is 5.75 Å². The van der Waals surface area contributed by atoms with Gasteiger partial charge in [0.2, 0.25) is 0 Å². The third-order valence-electron chi connectivity index (χ3n) is 3.32. The molecule has 0 aliphatic rings. The molecular weight excluding hydrogens is 305 g/mol. The Morgan fingerprint density at radius 2 is 1.96 bits per heavy atom. The predicted octanol–water partition coefficient (Wildman–Crippen LogP) is 3.26. The molecule has 2 N–H and O–H groups in total. The molecular formula is C19H22FN3O. The molecule has 0 atom stereocenters. The number of nitrogens with one attached hydrogen (secondary N) is 2. The maximum atomic E-state index is 13.1. The topological polar surface area (TPSA) is 45.7 Å². The summed E-state index contributed by atoms with van der Waals surface area (Å²) in [6, 6.07) is 14.2. The predicted molar refractivity (Wildman–Crippen MR) is 95.6 cm³/mol. The number of guanidine groups is 1. The van der Waals surface area contributed by atoms with Crippen molar-refractivity contribution in [2.24, 2.45) is 4.99 Å². The normalized spacial score (nSPS) is 11.0. The lowest BCUT2D eigenvalue weighted by molar-refractivity contribution is 0.305. The number of hydrogen-bond donors (Lipinski definition) is 2. The van der Waals surface area contributed by atoms with Crippen molar-refractivity contribution in [3.63, 3.8) is 0 Å². The molecule has 2 rings (SSSR count). The molecule has 4 nitrogen and oxygen atoms in total. The average Bonchev–Trinajstić information content (AvgIpc) is 2.61. The van der Waals surface area contributed by atoms with Gasteiger partial charge in [-0.15, -0.1) is 6.58 Å². The van der Waals surface area contributed by atoms with Crippen molar-refractivity contribution in [2.75, 3.05) is 13.6 Å². The highest BCUT2D eigenvalue weighted by atomic mass is 19.1. The molecule has 5 heteroatoms. The summed E-state index contributed by atoms with van der Waals surface area (Å²) >= 11 is 0. The fraction of sp³-hybridized carbons (Fsp3) is 0.211. The van der Waals surface area contributed by atoms with Crippen LogP contribution in [-0.4, -0.2) is 19.6 Å². The lowest BCUT2D eigenvalue weighted by Crippen LogP contribution is -2.36. The van der Waals surface area contributed by atoms with Crippen molar-refractivity contribution in [2.45, 2.75) is 13.2 Å². The molecule has 0 aromatic heterocycles. The Bertz CT molecular complexity index is 683. The number of nitrogens with zero attached hydrogens (tertiary/aromatic N) is 1. The average molecular weight is 327 g/mol. The van der Waals surface area contributed by atoms with Crippen molar-refractivity contribution in [1.82, 2.24) is 10.6 Å². The van der Waals surface area contributed by atoms with Crippen molar-refractivity contribution in [1.29, 1.82) is 0 Å². The molecule has 0 saturated heterocycles. The van der Waals surface area contributed by atoms with Gasteiger partial charge < -0.3 is 15.4 Å². The Kier molecular flexibility index (Phi) is 6.83. The van der Waals surface area contributed by atoms with Gasteiger partial charge in [0.1, 0.15) is 18.2 Å². The van der Waals surface area contributed by atoms with E-state index in [4.69, 9.17) is 4.74 Å². The highest BCUT2D eigenvalue weighted by molar-refractivity contribution is 5.79. The first-order valence-electron chi connectivity index (χ1n) is 7.73. The smallest absolute Gasteiger partial charge is 0.191 e. The van der Waals surface area contributed by atoms with Gasteiger partial charge in [-0.1, -0.05) is 30.3 Å². The van der Waals surface area contributed by atoms with E-state index in [1.54, 1.807) is 19.2 Å². The van der Waals surface area contributed by atoms with Crippen LogP contribution in [0.1, 0.15) is 11.1 Å². The highest BCUT2D eigenvalue weighted by Crippen LogP contribution is 2.14. The fourth-order valence-electron chi connectivity index (χ4n) is 2.07. The van der Waals surface area contributed by atoms with Gasteiger partial charge in [0, 0.05) is 20.1 Å². The van der Waals surface area contributed by atoms with Gasteiger partial charge in [-0.3, -0.25) is 4.99 Å². The summed E-state index contributed by atoms with van der Waals surface area (Å²) < 4.78 is 18.8. The third kappa shape index (κ3) is 5.76. The van der Waals surface area contributed by atoms with Crippen LogP contribution in [0.4, 0.5) is 4.39 Å². The van der Waals surface area contributed by atoms with Crippen LogP contribution in [0, 0.1) is 5.82 Å². The quantitative estimate of drug-likeness (QED) is 0.466. The lowest BCUT2D eigenvalue weighted by atomic mass is 10.2. The number of hydrogen-bond acceptors (Lipinski definition) is 2. The molecule has 0 bridgehead atoms. The lowest BCUT2D eigenvalue weighted by Gasteiger charge is -2.11. The summed E-state index contributed by atoms with van der Waals surface area (Å²) in [7, 11) is 1.72. The van der Waals surface area contributed by atoms with Crippen LogP contribution in [0.2, 0.25) is 0 Å². The number of ether oxygens (including phenoxy) is 1. The van der Waals surface area contributed by atoms with Crippen LogP contribution < -0.4 is 15.4 Å². The first-order chi connectivity index (χ1) is 11.7. The number of rotatable bonds is 7. The Morgan fingerprint density at radius 3 is 2.62 bits per heavy atom. The van der Waals surface area contributed by atoms with E-state index >= 15 is 0 Å². The zero-order chi connectivity index (χ0) is 17.2. The maximum Gasteiger partial charge on any atom is 0.191 e. The minimum atomic E-state index is -0.254. The van der Waals surface area contributed by atoms with Gasteiger partial charge in [0.05, 0.1) is 0 Å². The van der Waals surface area contributed by atoms with Gasteiger partial charge in [0.25, 0.3) is 0 Å². The number of aliphatic imine (C=N–C) groups is 1. The summed E-state index contributed by atoms with van der Waals surface area (Å²) in [5.41, 5.74) is 1.91. The van der Waals surface area contributed by atoms with E-state index in [-0.39, 0.29) is 5.82 Å². The molecule has 126 valence electrons. The highest BCUT2D eigenvalue weighted by Gasteiger charge is 2.00. The summed E-state index contributed by atoms with van der Waals surface area (Å²) in [5.74, 6) is 1.22. The number of benzene rings is 2. The van der Waals surface area contributed by atoms with Crippen LogP contribution in [0.3, 0.4) is 0 Å². The van der Waals surface area contributed by atoms with Gasteiger partial charge >= 0.3 is 0 Å². The summed E-state index contributed by atoms with van der Waals surface area (Å²) in [6.07, 6.45) is 1.78. The first kappa shape index (κ1) is 17.5. The van der Waals surface area contributed by atoms with Gasteiger partial charge in [-0.05, 0) is 35.4 Å². The standard InChI is InChI=1S/C19H22FN3O/c1-3-11-22-19(21-2)23-13-15-7-9-18(10-8-15)24-14-16-5-4-6-17(20)12-16/h3-10,12H,1,11,13-14H2,2H3,(H2,21,22,23). The molecule has 0 fully saturated rings. The Hall–Kier alpha value is -2.82. The molecule has 0 spiro atoms. The van der Waals surface area contributed by atoms with E-state index in [9.17, 15) is 4.39 Å². The van der Waals surface area contributed by atoms with Crippen molar-refractivity contribution >= 4 is 5.96 Å². The van der Waals surface area contributed by atoms with Crippen molar-refractivity contribution < 1.29 is 9.13 Å². The molecule has 2 aromatic carbocycles.